The van der Waals surface area contributed by atoms with Crippen molar-refractivity contribution in [3.8, 4) is 0 Å². The third kappa shape index (κ3) is 4.58. The van der Waals surface area contributed by atoms with Crippen LogP contribution in [0.3, 0.4) is 0 Å². The molecule has 0 spiro atoms. The maximum absolute atomic E-state index is 13.1. The molecule has 3 rings (SSSR count). The minimum atomic E-state index is -4.21. The summed E-state index contributed by atoms with van der Waals surface area (Å²) < 4.78 is 39.7. The smallest absolute Gasteiger partial charge is 0.336 e. The van der Waals surface area contributed by atoms with E-state index in [-0.39, 0.29) is 18.0 Å². The van der Waals surface area contributed by atoms with Gasteiger partial charge in [0.2, 0.25) is 0 Å². The van der Waals surface area contributed by atoms with Crippen LogP contribution >= 0.6 is 0 Å². The third-order valence-electron chi connectivity index (χ3n) is 4.86. The Labute approximate surface area is 152 Å². The third-order valence-corrected chi connectivity index (χ3v) is 4.86. The quantitative estimate of drug-likeness (QED) is 0.818. The molecule has 146 valence electrons. The average Bonchev–Trinajstić information content (AvgIpc) is 3.28. The molecule has 0 bridgehead atoms. The summed E-state index contributed by atoms with van der Waals surface area (Å²) in [7, 11) is 0. The van der Waals surface area contributed by atoms with Crippen LogP contribution in [0.15, 0.2) is 6.07 Å². The lowest BCUT2D eigenvalue weighted by molar-refractivity contribution is -0.145. The van der Waals surface area contributed by atoms with E-state index in [9.17, 15) is 18.0 Å². The Hall–Kier alpha value is -1.57. The number of nitrogens with zero attached hydrogens (tertiary/aromatic N) is 4. The molecular formula is C18H27F3N4O. The van der Waals surface area contributed by atoms with Gasteiger partial charge in [0.15, 0.2) is 0 Å². The van der Waals surface area contributed by atoms with Crippen molar-refractivity contribution >= 4 is 5.91 Å². The highest BCUT2D eigenvalue weighted by molar-refractivity contribution is 5.93. The number of carbonyl (C=O) groups is 1. The molecule has 5 nitrogen and oxygen atoms in total. The zero-order valence-corrected chi connectivity index (χ0v) is 15.6. The monoisotopic (exact) mass is 372 g/mol. The van der Waals surface area contributed by atoms with E-state index in [1.54, 1.807) is 9.58 Å². The number of rotatable bonds is 3. The normalized spacial score (nSPS) is 20.3. The van der Waals surface area contributed by atoms with Crippen molar-refractivity contribution in [2.24, 2.45) is 0 Å². The first-order valence-corrected chi connectivity index (χ1v) is 9.23. The minimum Gasteiger partial charge on any atom is -0.336 e. The van der Waals surface area contributed by atoms with Crippen molar-refractivity contribution in [1.29, 1.82) is 0 Å². The van der Waals surface area contributed by atoms with Gasteiger partial charge in [-0.05, 0) is 46.1 Å². The van der Waals surface area contributed by atoms with Crippen LogP contribution in [0.25, 0.3) is 0 Å². The molecule has 1 aromatic heterocycles. The first kappa shape index (κ1) is 19.2. The molecule has 1 saturated heterocycles. The Morgan fingerprint density at radius 1 is 1.15 bits per heavy atom. The van der Waals surface area contributed by atoms with Gasteiger partial charge in [-0.25, -0.2) is 0 Å². The molecule has 0 atom stereocenters. The molecule has 0 unspecified atom stereocenters. The van der Waals surface area contributed by atoms with Gasteiger partial charge in [0.05, 0.1) is 17.8 Å². The zero-order chi connectivity index (χ0) is 19.1. The highest BCUT2D eigenvalue weighted by Gasteiger charge is 2.34. The van der Waals surface area contributed by atoms with E-state index in [1.807, 2.05) is 26.8 Å². The van der Waals surface area contributed by atoms with Gasteiger partial charge in [-0.15, -0.1) is 0 Å². The second-order valence-electron chi connectivity index (χ2n) is 8.35. The summed E-state index contributed by atoms with van der Waals surface area (Å²) in [6.07, 6.45) is -1.46. The number of hydrogen-bond donors (Lipinski definition) is 0. The molecule has 1 aliphatic carbocycles. The molecule has 0 radical (unpaired) electrons. The molecule has 2 fully saturated rings. The van der Waals surface area contributed by atoms with Crippen LogP contribution in [0.2, 0.25) is 0 Å². The lowest BCUT2D eigenvalue weighted by Gasteiger charge is -2.26. The fourth-order valence-electron chi connectivity index (χ4n) is 3.39. The first-order valence-electron chi connectivity index (χ1n) is 9.23. The first-order chi connectivity index (χ1) is 12.0. The highest BCUT2D eigenvalue weighted by atomic mass is 19.4. The van der Waals surface area contributed by atoms with Crippen molar-refractivity contribution in [2.75, 3.05) is 32.7 Å². The van der Waals surface area contributed by atoms with Gasteiger partial charge >= 0.3 is 6.18 Å². The van der Waals surface area contributed by atoms with E-state index in [1.165, 1.54) is 4.90 Å². The standard InChI is InChI=1S/C18H27F3N4O/c1-17(2,3)25-15(11-14(22-25)13-5-6-13)16(26)24-8-4-7-23(9-10-24)12-18(19,20)21/h11,13H,4-10,12H2,1-3H3. The van der Waals surface area contributed by atoms with Crippen molar-refractivity contribution < 1.29 is 18.0 Å². The molecular weight excluding hydrogens is 345 g/mol. The molecule has 1 amide bonds. The summed E-state index contributed by atoms with van der Waals surface area (Å²) >= 11 is 0. The molecule has 1 saturated carbocycles. The fraction of sp³-hybridized carbons (Fsp3) is 0.778. The fourth-order valence-corrected chi connectivity index (χ4v) is 3.39. The topological polar surface area (TPSA) is 41.4 Å². The van der Waals surface area contributed by atoms with Crippen molar-refractivity contribution in [3.05, 3.63) is 17.5 Å². The summed E-state index contributed by atoms with van der Waals surface area (Å²) in [5.41, 5.74) is 1.17. The minimum absolute atomic E-state index is 0.131. The van der Waals surface area contributed by atoms with Crippen LogP contribution in [0.5, 0.6) is 0 Å². The predicted molar refractivity (Wildman–Crippen MR) is 92.2 cm³/mol. The second kappa shape index (κ2) is 6.87. The number of hydrogen-bond acceptors (Lipinski definition) is 3. The maximum Gasteiger partial charge on any atom is 0.401 e. The SMILES string of the molecule is CC(C)(C)n1nc(C2CC2)cc1C(=O)N1CCCN(CC(F)(F)F)CC1. The van der Waals surface area contributed by atoms with Gasteiger partial charge in [0.1, 0.15) is 5.69 Å². The number of carbonyl (C=O) groups excluding carboxylic acids is 1. The number of aromatic nitrogens is 2. The van der Waals surface area contributed by atoms with Gasteiger partial charge in [-0.2, -0.15) is 18.3 Å². The summed E-state index contributed by atoms with van der Waals surface area (Å²) in [5, 5.41) is 4.66. The van der Waals surface area contributed by atoms with Gasteiger partial charge in [-0.3, -0.25) is 14.4 Å². The van der Waals surface area contributed by atoms with Crippen molar-refractivity contribution in [3.63, 3.8) is 0 Å². The maximum atomic E-state index is 13.1. The van der Waals surface area contributed by atoms with Crippen molar-refractivity contribution in [1.82, 2.24) is 19.6 Å². The largest absolute Gasteiger partial charge is 0.401 e. The highest BCUT2D eigenvalue weighted by Crippen LogP contribution is 2.40. The van der Waals surface area contributed by atoms with E-state index in [2.05, 4.69) is 5.10 Å². The second-order valence-corrected chi connectivity index (χ2v) is 8.35. The Kier molecular flexibility index (Phi) is 5.07. The average molecular weight is 372 g/mol. The molecule has 26 heavy (non-hydrogen) atoms. The molecule has 1 aliphatic heterocycles. The lowest BCUT2D eigenvalue weighted by Crippen LogP contribution is -2.40. The van der Waals surface area contributed by atoms with Gasteiger partial charge < -0.3 is 4.90 Å². The molecule has 8 heteroatoms. The van der Waals surface area contributed by atoms with E-state index >= 15 is 0 Å². The van der Waals surface area contributed by atoms with E-state index in [0.29, 0.717) is 37.7 Å². The molecule has 1 aromatic rings. The number of halogens is 3. The van der Waals surface area contributed by atoms with Crippen LogP contribution in [-0.4, -0.2) is 64.4 Å². The summed E-state index contributed by atoms with van der Waals surface area (Å²) in [6.45, 7) is 6.47. The van der Waals surface area contributed by atoms with Crippen LogP contribution < -0.4 is 0 Å². The van der Waals surface area contributed by atoms with E-state index < -0.39 is 12.7 Å². The van der Waals surface area contributed by atoms with Gasteiger partial charge in [0.25, 0.3) is 5.91 Å². The number of alkyl halides is 3. The summed E-state index contributed by atoms with van der Waals surface area (Å²) in [4.78, 5) is 16.1. The number of amides is 1. The van der Waals surface area contributed by atoms with E-state index in [0.717, 1.165) is 18.5 Å². The van der Waals surface area contributed by atoms with Crippen LogP contribution in [0.1, 0.15) is 62.1 Å². The zero-order valence-electron chi connectivity index (χ0n) is 15.6. The van der Waals surface area contributed by atoms with Crippen LogP contribution in [0.4, 0.5) is 13.2 Å². The Morgan fingerprint density at radius 3 is 2.42 bits per heavy atom. The molecule has 2 aliphatic rings. The van der Waals surface area contributed by atoms with Crippen LogP contribution in [0, 0.1) is 0 Å². The van der Waals surface area contributed by atoms with E-state index in [4.69, 9.17) is 0 Å². The lowest BCUT2D eigenvalue weighted by atomic mass is 10.1. The Morgan fingerprint density at radius 2 is 1.85 bits per heavy atom. The molecule has 2 heterocycles. The summed E-state index contributed by atoms with van der Waals surface area (Å²) in [5.74, 6) is 0.310. The summed E-state index contributed by atoms with van der Waals surface area (Å²) in [6, 6.07) is 1.88. The van der Waals surface area contributed by atoms with Crippen LogP contribution in [-0.2, 0) is 5.54 Å². The van der Waals surface area contributed by atoms with Gasteiger partial charge in [0, 0.05) is 32.1 Å². The Balaban J connectivity index is 1.75. The Bertz CT molecular complexity index is 658. The molecule has 0 N–H and O–H groups in total. The van der Waals surface area contributed by atoms with Gasteiger partial charge in [-0.1, -0.05) is 0 Å². The molecule has 0 aromatic carbocycles. The predicted octanol–water partition coefficient (Wildman–Crippen LogP) is 3.23. The van der Waals surface area contributed by atoms with Crippen molar-refractivity contribution in [2.45, 2.75) is 57.7 Å².